The molecule has 2 rings (SSSR count). The zero-order valence-corrected chi connectivity index (χ0v) is 15.8. The molecule has 10 heteroatoms. The van der Waals surface area contributed by atoms with E-state index < -0.39 is 24.2 Å². The Morgan fingerprint density at radius 2 is 1.81 bits per heavy atom. The minimum absolute atomic E-state index is 0.134. The van der Waals surface area contributed by atoms with E-state index in [0.717, 1.165) is 6.42 Å². The lowest BCUT2D eigenvalue weighted by atomic mass is 9.92. The molecule has 1 atom stereocenters. The summed E-state index contributed by atoms with van der Waals surface area (Å²) in [5.74, 6) is -0.0651. The van der Waals surface area contributed by atoms with Crippen molar-refractivity contribution < 1.29 is 37.0 Å². The molecule has 0 bridgehead atoms. The number of carbonyl (C=O) groups is 2. The normalized spacial score (nSPS) is 25.9. The molecular formula is C17H27F3N2O5. The summed E-state index contributed by atoms with van der Waals surface area (Å²) in [5, 5.41) is 2.70. The molecule has 0 aromatic heterocycles. The number of rotatable bonds is 6. The standard InChI is InChI=1S/C17H27F3N2O5/c1-16(2,3)27-15(24)21-8-11-4-5-22(9-11)14(23)10-25-12-6-13(7-12)26-17(18,19)20/h11-13H,4-10H2,1-3H3,(H,21,24)/t11?,12-,13+. The molecule has 156 valence electrons. The first-order valence-corrected chi connectivity index (χ1v) is 9.02. The van der Waals surface area contributed by atoms with Crippen LogP contribution >= 0.6 is 0 Å². The van der Waals surface area contributed by atoms with Gasteiger partial charge in [0.2, 0.25) is 5.91 Å². The van der Waals surface area contributed by atoms with Crippen LogP contribution in [0.4, 0.5) is 18.0 Å². The number of alkyl halides is 3. The summed E-state index contributed by atoms with van der Waals surface area (Å²) in [6, 6.07) is 0. The minimum atomic E-state index is -4.64. The number of hydrogen-bond donors (Lipinski definition) is 1. The van der Waals surface area contributed by atoms with E-state index in [-0.39, 0.29) is 37.4 Å². The number of nitrogens with one attached hydrogen (secondary N) is 1. The van der Waals surface area contributed by atoms with Crippen molar-refractivity contribution in [1.29, 1.82) is 0 Å². The average molecular weight is 396 g/mol. The third-order valence-corrected chi connectivity index (χ3v) is 4.37. The highest BCUT2D eigenvalue weighted by molar-refractivity contribution is 5.77. The monoisotopic (exact) mass is 396 g/mol. The molecule has 1 N–H and O–H groups in total. The van der Waals surface area contributed by atoms with Gasteiger partial charge < -0.3 is 19.7 Å². The van der Waals surface area contributed by atoms with Gasteiger partial charge in [0.15, 0.2) is 0 Å². The van der Waals surface area contributed by atoms with E-state index in [4.69, 9.17) is 9.47 Å². The van der Waals surface area contributed by atoms with Gasteiger partial charge in [0.05, 0.1) is 12.2 Å². The van der Waals surface area contributed by atoms with Crippen LogP contribution in [0.15, 0.2) is 0 Å². The summed E-state index contributed by atoms with van der Waals surface area (Å²) in [6.07, 6.45) is -5.37. The van der Waals surface area contributed by atoms with Gasteiger partial charge in [0.1, 0.15) is 12.2 Å². The molecule has 0 radical (unpaired) electrons. The lowest BCUT2D eigenvalue weighted by molar-refractivity contribution is -0.357. The SMILES string of the molecule is CC(C)(C)OC(=O)NCC1CCN(C(=O)CO[C@H]2C[C@@H](OC(F)(F)F)C2)C1. The van der Waals surface area contributed by atoms with Gasteiger partial charge in [-0.15, -0.1) is 13.2 Å². The van der Waals surface area contributed by atoms with Gasteiger partial charge in [0.25, 0.3) is 0 Å². The van der Waals surface area contributed by atoms with Crippen molar-refractivity contribution in [2.24, 2.45) is 5.92 Å². The van der Waals surface area contributed by atoms with Crippen molar-refractivity contribution >= 4 is 12.0 Å². The molecule has 7 nitrogen and oxygen atoms in total. The highest BCUT2D eigenvalue weighted by Gasteiger charge is 2.41. The fourth-order valence-electron chi connectivity index (χ4n) is 2.99. The topological polar surface area (TPSA) is 77.1 Å². The van der Waals surface area contributed by atoms with E-state index >= 15 is 0 Å². The van der Waals surface area contributed by atoms with Crippen LogP contribution in [0.1, 0.15) is 40.0 Å². The van der Waals surface area contributed by atoms with Crippen molar-refractivity contribution in [2.45, 2.75) is 64.2 Å². The fourth-order valence-corrected chi connectivity index (χ4v) is 2.99. The van der Waals surface area contributed by atoms with Gasteiger partial charge in [-0.25, -0.2) is 4.79 Å². The molecule has 1 aliphatic carbocycles. The zero-order valence-electron chi connectivity index (χ0n) is 15.8. The summed E-state index contributed by atoms with van der Waals surface area (Å²) in [6.45, 7) is 6.66. The fraction of sp³-hybridized carbons (Fsp3) is 0.882. The van der Waals surface area contributed by atoms with Crippen LogP contribution in [0, 0.1) is 5.92 Å². The Balaban J connectivity index is 1.59. The summed E-state index contributed by atoms with van der Waals surface area (Å²) in [4.78, 5) is 25.4. The number of likely N-dealkylation sites (tertiary alicyclic amines) is 1. The van der Waals surface area contributed by atoms with E-state index in [1.807, 2.05) is 0 Å². The summed E-state index contributed by atoms with van der Waals surface area (Å²) >= 11 is 0. The van der Waals surface area contributed by atoms with Crippen LogP contribution in [0.2, 0.25) is 0 Å². The number of hydrogen-bond acceptors (Lipinski definition) is 5. The van der Waals surface area contributed by atoms with Crippen molar-refractivity contribution in [3.63, 3.8) is 0 Å². The van der Waals surface area contributed by atoms with Crippen molar-refractivity contribution in [2.75, 3.05) is 26.2 Å². The van der Waals surface area contributed by atoms with Crippen LogP contribution < -0.4 is 5.32 Å². The second-order valence-electron chi connectivity index (χ2n) is 7.97. The molecule has 1 aliphatic heterocycles. The molecule has 1 saturated carbocycles. The highest BCUT2D eigenvalue weighted by Crippen LogP contribution is 2.32. The van der Waals surface area contributed by atoms with Crippen LogP contribution in [0.3, 0.4) is 0 Å². The molecule has 0 spiro atoms. The largest absolute Gasteiger partial charge is 0.522 e. The molecule has 2 aliphatic rings. The van der Waals surface area contributed by atoms with E-state index in [0.29, 0.717) is 19.6 Å². The molecule has 0 aromatic carbocycles. The molecule has 1 unspecified atom stereocenters. The summed E-state index contributed by atoms with van der Waals surface area (Å²) in [5.41, 5.74) is -0.565. The molecule has 1 saturated heterocycles. The first-order valence-electron chi connectivity index (χ1n) is 9.02. The quantitative estimate of drug-likeness (QED) is 0.746. The predicted molar refractivity (Wildman–Crippen MR) is 88.8 cm³/mol. The Hall–Kier alpha value is -1.55. The Labute approximate surface area is 156 Å². The third-order valence-electron chi connectivity index (χ3n) is 4.37. The van der Waals surface area contributed by atoms with Gasteiger partial charge in [0, 0.05) is 32.5 Å². The third kappa shape index (κ3) is 7.92. The molecule has 2 fully saturated rings. The van der Waals surface area contributed by atoms with Gasteiger partial charge in [-0.3, -0.25) is 9.53 Å². The molecule has 0 aromatic rings. The molecule has 2 amide bonds. The van der Waals surface area contributed by atoms with E-state index in [9.17, 15) is 22.8 Å². The van der Waals surface area contributed by atoms with Crippen LogP contribution in [-0.2, 0) is 19.0 Å². The maximum Gasteiger partial charge on any atom is 0.522 e. The second kappa shape index (κ2) is 8.64. The summed E-state index contributed by atoms with van der Waals surface area (Å²) < 4.78 is 50.5. The Morgan fingerprint density at radius 3 is 2.41 bits per heavy atom. The average Bonchev–Trinajstić information content (AvgIpc) is 2.93. The number of carbonyl (C=O) groups excluding carboxylic acids is 2. The summed E-state index contributed by atoms with van der Waals surface area (Å²) in [7, 11) is 0. The first-order chi connectivity index (χ1) is 12.4. The Morgan fingerprint density at radius 1 is 1.15 bits per heavy atom. The smallest absolute Gasteiger partial charge is 0.444 e. The van der Waals surface area contributed by atoms with Crippen molar-refractivity contribution in [1.82, 2.24) is 10.2 Å². The van der Waals surface area contributed by atoms with Crippen LogP contribution in [-0.4, -0.2) is 67.3 Å². The molecular weight excluding hydrogens is 369 g/mol. The molecule has 27 heavy (non-hydrogen) atoms. The van der Waals surface area contributed by atoms with Gasteiger partial charge in [-0.2, -0.15) is 0 Å². The van der Waals surface area contributed by atoms with Gasteiger partial charge in [-0.1, -0.05) is 0 Å². The predicted octanol–water partition coefficient (Wildman–Crippen LogP) is 2.44. The number of ether oxygens (including phenoxy) is 3. The maximum atomic E-state index is 12.1. The minimum Gasteiger partial charge on any atom is -0.444 e. The highest BCUT2D eigenvalue weighted by atomic mass is 19.4. The Bertz CT molecular complexity index is 530. The zero-order chi connectivity index (χ0) is 20.2. The lowest BCUT2D eigenvalue weighted by Crippen LogP contribution is -2.43. The maximum absolute atomic E-state index is 12.1. The van der Waals surface area contributed by atoms with Crippen LogP contribution in [0.25, 0.3) is 0 Å². The van der Waals surface area contributed by atoms with Gasteiger partial charge >= 0.3 is 12.5 Å². The Kier molecular flexibility index (Phi) is 6.96. The van der Waals surface area contributed by atoms with E-state index in [1.54, 1.807) is 25.7 Å². The number of amides is 2. The number of halogens is 3. The van der Waals surface area contributed by atoms with Crippen molar-refractivity contribution in [3.8, 4) is 0 Å². The van der Waals surface area contributed by atoms with E-state index in [1.165, 1.54) is 0 Å². The number of nitrogens with zero attached hydrogens (tertiary/aromatic N) is 1. The van der Waals surface area contributed by atoms with Gasteiger partial charge in [-0.05, 0) is 33.1 Å². The lowest BCUT2D eigenvalue weighted by Gasteiger charge is -2.35. The first kappa shape index (κ1) is 21.7. The van der Waals surface area contributed by atoms with E-state index in [2.05, 4.69) is 10.1 Å². The number of alkyl carbamates (subject to hydrolysis) is 1. The molecule has 1 heterocycles. The van der Waals surface area contributed by atoms with Crippen LogP contribution in [0.5, 0.6) is 0 Å². The van der Waals surface area contributed by atoms with Crippen molar-refractivity contribution in [3.05, 3.63) is 0 Å². The second-order valence-corrected chi connectivity index (χ2v) is 7.97.